The monoisotopic (exact) mass is 355 g/mol. The van der Waals surface area contributed by atoms with Crippen LogP contribution in [0.5, 0.6) is 5.75 Å². The molecule has 2 aromatic carbocycles. The first-order chi connectivity index (χ1) is 9.93. The first-order valence-electron chi connectivity index (χ1n) is 6.46. The SMILES string of the molecule is COc1cc(C)c(Br)cc1C(N)Cc1cccc(F)c1F. The van der Waals surface area contributed by atoms with Crippen molar-refractivity contribution in [3.05, 3.63) is 63.1 Å². The molecule has 112 valence electrons. The molecule has 2 aromatic rings. The van der Waals surface area contributed by atoms with Gasteiger partial charge in [-0.1, -0.05) is 28.1 Å². The van der Waals surface area contributed by atoms with E-state index in [1.807, 2.05) is 19.1 Å². The highest BCUT2D eigenvalue weighted by Crippen LogP contribution is 2.32. The van der Waals surface area contributed by atoms with Crippen molar-refractivity contribution in [3.8, 4) is 5.75 Å². The Morgan fingerprint density at radius 2 is 2.00 bits per heavy atom. The minimum absolute atomic E-state index is 0.190. The van der Waals surface area contributed by atoms with Crippen molar-refractivity contribution >= 4 is 15.9 Å². The summed E-state index contributed by atoms with van der Waals surface area (Å²) < 4.78 is 33.2. The molecule has 2 N–H and O–H groups in total. The summed E-state index contributed by atoms with van der Waals surface area (Å²) in [5.74, 6) is -1.07. The van der Waals surface area contributed by atoms with Gasteiger partial charge < -0.3 is 10.5 Å². The van der Waals surface area contributed by atoms with Crippen LogP contribution in [-0.4, -0.2) is 7.11 Å². The van der Waals surface area contributed by atoms with Gasteiger partial charge in [-0.3, -0.25) is 0 Å². The molecule has 0 saturated heterocycles. The fourth-order valence-electron chi connectivity index (χ4n) is 2.19. The Hall–Kier alpha value is -1.46. The largest absolute Gasteiger partial charge is 0.496 e. The fraction of sp³-hybridized carbons (Fsp3) is 0.250. The highest BCUT2D eigenvalue weighted by atomic mass is 79.9. The van der Waals surface area contributed by atoms with Crippen LogP contribution < -0.4 is 10.5 Å². The molecule has 0 saturated carbocycles. The molecule has 0 fully saturated rings. The second-order valence-corrected chi connectivity index (χ2v) is 5.72. The minimum atomic E-state index is -0.864. The average Bonchev–Trinajstić information content (AvgIpc) is 2.46. The zero-order chi connectivity index (χ0) is 15.6. The zero-order valence-corrected chi connectivity index (χ0v) is 13.4. The van der Waals surface area contributed by atoms with E-state index in [1.54, 1.807) is 7.11 Å². The first kappa shape index (κ1) is 15.9. The maximum Gasteiger partial charge on any atom is 0.162 e. The van der Waals surface area contributed by atoms with Crippen LogP contribution in [0.15, 0.2) is 34.8 Å². The van der Waals surface area contributed by atoms with Crippen LogP contribution in [0.25, 0.3) is 0 Å². The van der Waals surface area contributed by atoms with Gasteiger partial charge in [0.2, 0.25) is 0 Å². The Morgan fingerprint density at radius 3 is 2.67 bits per heavy atom. The fourth-order valence-corrected chi connectivity index (χ4v) is 2.55. The number of methoxy groups -OCH3 is 1. The summed E-state index contributed by atoms with van der Waals surface area (Å²) in [6.07, 6.45) is 0.190. The third kappa shape index (κ3) is 3.41. The maximum atomic E-state index is 13.7. The number of halogens is 3. The molecule has 5 heteroatoms. The molecule has 0 amide bonds. The topological polar surface area (TPSA) is 35.2 Å². The summed E-state index contributed by atoms with van der Waals surface area (Å²) in [6, 6.07) is 7.33. The molecule has 1 atom stereocenters. The Balaban J connectivity index is 2.34. The molecule has 0 aliphatic heterocycles. The number of benzene rings is 2. The predicted octanol–water partition coefficient (Wildman–Crippen LogP) is 4.29. The molecule has 0 spiro atoms. The second-order valence-electron chi connectivity index (χ2n) is 4.87. The molecule has 2 rings (SSSR count). The van der Waals surface area contributed by atoms with Crippen LogP contribution in [0, 0.1) is 18.6 Å². The van der Waals surface area contributed by atoms with Gasteiger partial charge in [0.15, 0.2) is 11.6 Å². The summed E-state index contributed by atoms with van der Waals surface area (Å²) >= 11 is 3.44. The van der Waals surface area contributed by atoms with Crippen LogP contribution >= 0.6 is 15.9 Å². The molecule has 21 heavy (non-hydrogen) atoms. The second kappa shape index (κ2) is 6.54. The van der Waals surface area contributed by atoms with Crippen LogP contribution in [0.2, 0.25) is 0 Å². The molecule has 0 aromatic heterocycles. The van der Waals surface area contributed by atoms with E-state index in [4.69, 9.17) is 10.5 Å². The number of hydrogen-bond donors (Lipinski definition) is 1. The van der Waals surface area contributed by atoms with Crippen molar-refractivity contribution in [3.63, 3.8) is 0 Å². The van der Waals surface area contributed by atoms with E-state index in [1.165, 1.54) is 12.1 Å². The summed E-state index contributed by atoms with van der Waals surface area (Å²) in [5, 5.41) is 0. The van der Waals surface area contributed by atoms with Crippen molar-refractivity contribution in [2.24, 2.45) is 5.73 Å². The van der Waals surface area contributed by atoms with E-state index < -0.39 is 17.7 Å². The lowest BCUT2D eigenvalue weighted by molar-refractivity contribution is 0.404. The zero-order valence-electron chi connectivity index (χ0n) is 11.8. The number of nitrogens with two attached hydrogens (primary N) is 1. The normalized spacial score (nSPS) is 12.3. The summed E-state index contributed by atoms with van der Waals surface area (Å²) in [4.78, 5) is 0. The first-order valence-corrected chi connectivity index (χ1v) is 7.25. The van der Waals surface area contributed by atoms with Gasteiger partial charge in [0.25, 0.3) is 0 Å². The van der Waals surface area contributed by atoms with Gasteiger partial charge in [0.05, 0.1) is 7.11 Å². The van der Waals surface area contributed by atoms with Gasteiger partial charge in [-0.05, 0) is 42.7 Å². The van der Waals surface area contributed by atoms with Gasteiger partial charge in [-0.25, -0.2) is 8.78 Å². The lowest BCUT2D eigenvalue weighted by Crippen LogP contribution is -2.16. The molecule has 2 nitrogen and oxygen atoms in total. The summed E-state index contributed by atoms with van der Waals surface area (Å²) in [6.45, 7) is 1.94. The van der Waals surface area contributed by atoms with Crippen molar-refractivity contribution in [1.82, 2.24) is 0 Å². The number of rotatable bonds is 4. The Kier molecular flexibility index (Phi) is 4.96. The average molecular weight is 356 g/mol. The van der Waals surface area contributed by atoms with Gasteiger partial charge in [0.1, 0.15) is 5.75 Å². The predicted molar refractivity (Wildman–Crippen MR) is 82.4 cm³/mol. The molecular weight excluding hydrogens is 340 g/mol. The lowest BCUT2D eigenvalue weighted by atomic mass is 9.97. The minimum Gasteiger partial charge on any atom is -0.496 e. The molecule has 1 unspecified atom stereocenters. The third-order valence-corrected chi connectivity index (χ3v) is 4.24. The molecular formula is C16H16BrF2NO. The summed E-state index contributed by atoms with van der Waals surface area (Å²) in [7, 11) is 1.56. The van der Waals surface area contributed by atoms with E-state index in [-0.39, 0.29) is 12.0 Å². The molecule has 0 bridgehead atoms. The van der Waals surface area contributed by atoms with E-state index in [0.29, 0.717) is 5.75 Å². The van der Waals surface area contributed by atoms with Gasteiger partial charge >= 0.3 is 0 Å². The Morgan fingerprint density at radius 1 is 1.29 bits per heavy atom. The van der Waals surface area contributed by atoms with Gasteiger partial charge in [-0.15, -0.1) is 0 Å². The van der Waals surface area contributed by atoms with Crippen molar-refractivity contribution < 1.29 is 13.5 Å². The van der Waals surface area contributed by atoms with Crippen LogP contribution in [0.4, 0.5) is 8.78 Å². The lowest BCUT2D eigenvalue weighted by Gasteiger charge is -2.18. The van der Waals surface area contributed by atoms with E-state index >= 15 is 0 Å². The quantitative estimate of drug-likeness (QED) is 0.887. The number of hydrogen-bond acceptors (Lipinski definition) is 2. The van der Waals surface area contributed by atoms with E-state index in [0.717, 1.165) is 21.7 Å². The maximum absolute atomic E-state index is 13.7. The van der Waals surface area contributed by atoms with Gasteiger partial charge in [0, 0.05) is 16.1 Å². The highest BCUT2D eigenvalue weighted by molar-refractivity contribution is 9.10. The standard InChI is InChI=1S/C16H16BrF2NO/c1-9-6-15(21-2)11(8-12(9)17)14(20)7-10-4-3-5-13(18)16(10)19/h3-6,8,14H,7,20H2,1-2H3. The van der Waals surface area contributed by atoms with Crippen molar-refractivity contribution in [2.75, 3.05) is 7.11 Å². The smallest absolute Gasteiger partial charge is 0.162 e. The molecule has 0 heterocycles. The highest BCUT2D eigenvalue weighted by Gasteiger charge is 2.17. The Labute approximate surface area is 131 Å². The van der Waals surface area contributed by atoms with Gasteiger partial charge in [-0.2, -0.15) is 0 Å². The number of aryl methyl sites for hydroxylation is 1. The molecule has 0 aliphatic carbocycles. The van der Waals surface area contributed by atoms with E-state index in [2.05, 4.69) is 15.9 Å². The van der Waals surface area contributed by atoms with E-state index in [9.17, 15) is 8.78 Å². The van der Waals surface area contributed by atoms with Crippen LogP contribution in [-0.2, 0) is 6.42 Å². The van der Waals surface area contributed by atoms with Crippen molar-refractivity contribution in [1.29, 1.82) is 0 Å². The summed E-state index contributed by atoms with van der Waals surface area (Å²) in [5.41, 5.74) is 8.16. The van der Waals surface area contributed by atoms with Crippen molar-refractivity contribution in [2.45, 2.75) is 19.4 Å². The third-order valence-electron chi connectivity index (χ3n) is 3.38. The van der Waals surface area contributed by atoms with Crippen LogP contribution in [0.1, 0.15) is 22.7 Å². The molecule has 0 aliphatic rings. The Bertz CT molecular complexity index is 661. The number of ether oxygens (including phenoxy) is 1. The van der Waals surface area contributed by atoms with Crippen LogP contribution in [0.3, 0.4) is 0 Å². The molecule has 0 radical (unpaired) electrons.